The highest BCUT2D eigenvalue weighted by Crippen LogP contribution is 2.26. The first kappa shape index (κ1) is 22.5. The molecule has 1 aromatic heterocycles. The molecular weight excluding hydrogens is 424 g/mol. The van der Waals surface area contributed by atoms with E-state index in [0.29, 0.717) is 30.8 Å². The fraction of sp³-hybridized carbons (Fsp3) is 0.522. The van der Waals surface area contributed by atoms with Gasteiger partial charge in [-0.15, -0.1) is 0 Å². The van der Waals surface area contributed by atoms with Gasteiger partial charge in [0.15, 0.2) is 5.11 Å². The molecule has 32 heavy (non-hydrogen) atoms. The van der Waals surface area contributed by atoms with Crippen LogP contribution in [0.15, 0.2) is 30.3 Å². The van der Waals surface area contributed by atoms with Crippen molar-refractivity contribution in [3.63, 3.8) is 0 Å². The molecule has 172 valence electrons. The Morgan fingerprint density at radius 1 is 1.06 bits per heavy atom. The average molecular weight is 457 g/mol. The van der Waals surface area contributed by atoms with Crippen LogP contribution >= 0.6 is 12.2 Å². The van der Waals surface area contributed by atoms with E-state index in [2.05, 4.69) is 33.4 Å². The summed E-state index contributed by atoms with van der Waals surface area (Å²) in [6, 6.07) is 10.0. The van der Waals surface area contributed by atoms with Crippen LogP contribution < -0.4 is 25.2 Å². The van der Waals surface area contributed by atoms with Crippen molar-refractivity contribution in [2.24, 2.45) is 5.92 Å². The Labute approximate surface area is 195 Å². The number of piperidine rings is 1. The summed E-state index contributed by atoms with van der Waals surface area (Å²) >= 11 is 5.52. The van der Waals surface area contributed by atoms with Gasteiger partial charge in [-0.3, -0.25) is 0 Å². The molecule has 0 radical (unpaired) electrons. The molecule has 2 aliphatic heterocycles. The molecule has 1 aromatic carbocycles. The standard InChI is InChI=1S/C23H32N6O2S/c1-17-7-9-28(10-8-17)20-15-21(29-11-13-31-14-12-29)26-22(25-20)27-23(32)24-16-18-3-5-19(30-2)6-4-18/h3-6,15,17H,7-14,16H2,1-2H3,(H2,24,25,26,27,32). The summed E-state index contributed by atoms with van der Waals surface area (Å²) in [5, 5.41) is 6.93. The molecule has 3 heterocycles. The number of morpholine rings is 1. The highest BCUT2D eigenvalue weighted by molar-refractivity contribution is 7.80. The van der Waals surface area contributed by atoms with E-state index in [0.717, 1.165) is 55.0 Å². The van der Waals surface area contributed by atoms with Crippen molar-refractivity contribution < 1.29 is 9.47 Å². The zero-order valence-electron chi connectivity index (χ0n) is 18.8. The minimum atomic E-state index is 0.498. The minimum absolute atomic E-state index is 0.498. The van der Waals surface area contributed by atoms with Gasteiger partial charge in [0, 0.05) is 38.8 Å². The molecule has 0 amide bonds. The number of anilines is 3. The van der Waals surface area contributed by atoms with Crippen molar-refractivity contribution in [3.05, 3.63) is 35.9 Å². The maximum absolute atomic E-state index is 5.52. The quantitative estimate of drug-likeness (QED) is 0.638. The number of benzene rings is 1. The van der Waals surface area contributed by atoms with Gasteiger partial charge >= 0.3 is 0 Å². The normalized spacial score (nSPS) is 17.2. The first-order valence-corrected chi connectivity index (χ1v) is 11.7. The van der Waals surface area contributed by atoms with Crippen LogP contribution in [-0.2, 0) is 11.3 Å². The predicted molar refractivity (Wildman–Crippen MR) is 132 cm³/mol. The van der Waals surface area contributed by atoms with E-state index in [4.69, 9.17) is 31.7 Å². The van der Waals surface area contributed by atoms with Crippen molar-refractivity contribution in [1.29, 1.82) is 0 Å². The van der Waals surface area contributed by atoms with Gasteiger partial charge in [0.25, 0.3) is 0 Å². The first-order valence-electron chi connectivity index (χ1n) is 11.3. The summed E-state index contributed by atoms with van der Waals surface area (Å²) in [5.41, 5.74) is 1.11. The molecule has 2 aliphatic rings. The van der Waals surface area contributed by atoms with Gasteiger partial charge in [-0.1, -0.05) is 19.1 Å². The van der Waals surface area contributed by atoms with E-state index >= 15 is 0 Å². The number of nitrogens with one attached hydrogen (secondary N) is 2. The largest absolute Gasteiger partial charge is 0.497 e. The van der Waals surface area contributed by atoms with Crippen LogP contribution in [0.3, 0.4) is 0 Å². The van der Waals surface area contributed by atoms with Crippen LogP contribution in [-0.4, -0.2) is 61.6 Å². The number of methoxy groups -OCH3 is 1. The number of aromatic nitrogens is 2. The molecule has 9 heteroatoms. The maximum Gasteiger partial charge on any atom is 0.232 e. The smallest absolute Gasteiger partial charge is 0.232 e. The minimum Gasteiger partial charge on any atom is -0.497 e. The highest BCUT2D eigenvalue weighted by atomic mass is 32.1. The van der Waals surface area contributed by atoms with Crippen molar-refractivity contribution >= 4 is 34.9 Å². The van der Waals surface area contributed by atoms with Gasteiger partial charge in [-0.25, -0.2) is 0 Å². The van der Waals surface area contributed by atoms with E-state index in [1.54, 1.807) is 7.11 Å². The fourth-order valence-corrected chi connectivity index (χ4v) is 4.07. The lowest BCUT2D eigenvalue weighted by molar-refractivity contribution is 0.122. The third kappa shape index (κ3) is 5.98. The number of rotatable bonds is 6. The summed E-state index contributed by atoms with van der Waals surface area (Å²) in [4.78, 5) is 14.2. The van der Waals surface area contributed by atoms with Gasteiger partial charge in [0.05, 0.1) is 20.3 Å². The van der Waals surface area contributed by atoms with Gasteiger partial charge in [-0.2, -0.15) is 9.97 Å². The van der Waals surface area contributed by atoms with Crippen LogP contribution in [0.2, 0.25) is 0 Å². The monoisotopic (exact) mass is 456 g/mol. The highest BCUT2D eigenvalue weighted by Gasteiger charge is 2.21. The van der Waals surface area contributed by atoms with Crippen LogP contribution in [0.4, 0.5) is 17.6 Å². The summed E-state index contributed by atoms with van der Waals surface area (Å²) in [6.45, 7) is 8.03. The second-order valence-electron chi connectivity index (χ2n) is 8.33. The molecule has 2 N–H and O–H groups in total. The SMILES string of the molecule is COc1ccc(CNC(=S)Nc2nc(N3CCOCC3)cc(N3CCC(C)CC3)n2)cc1. The van der Waals surface area contributed by atoms with Crippen LogP contribution in [0.1, 0.15) is 25.3 Å². The Morgan fingerprint density at radius 3 is 2.31 bits per heavy atom. The molecule has 2 fully saturated rings. The summed E-state index contributed by atoms with van der Waals surface area (Å²) in [6.07, 6.45) is 2.36. The Balaban J connectivity index is 1.45. The molecule has 4 rings (SSSR count). The summed E-state index contributed by atoms with van der Waals surface area (Å²) < 4.78 is 10.7. The lowest BCUT2D eigenvalue weighted by atomic mass is 9.99. The fourth-order valence-electron chi connectivity index (χ4n) is 3.90. The Kier molecular flexibility index (Phi) is 7.59. The second kappa shape index (κ2) is 10.8. The van der Waals surface area contributed by atoms with E-state index in [1.807, 2.05) is 24.3 Å². The summed E-state index contributed by atoms with van der Waals surface area (Å²) in [7, 11) is 1.66. The third-order valence-electron chi connectivity index (χ3n) is 5.98. The van der Waals surface area contributed by atoms with E-state index in [1.165, 1.54) is 12.8 Å². The molecule has 0 bridgehead atoms. The molecular formula is C23H32N6O2S. The molecule has 0 spiro atoms. The molecule has 8 nitrogen and oxygen atoms in total. The van der Waals surface area contributed by atoms with Gasteiger partial charge in [-0.05, 0) is 48.7 Å². The molecule has 2 saturated heterocycles. The van der Waals surface area contributed by atoms with Crippen molar-refractivity contribution in [2.75, 3.05) is 61.6 Å². The third-order valence-corrected chi connectivity index (χ3v) is 6.23. The van der Waals surface area contributed by atoms with Crippen molar-refractivity contribution in [1.82, 2.24) is 15.3 Å². The lowest BCUT2D eigenvalue weighted by Gasteiger charge is -2.33. The topological polar surface area (TPSA) is 74.8 Å². The molecule has 0 unspecified atom stereocenters. The number of thiocarbonyl (C=S) groups is 1. The lowest BCUT2D eigenvalue weighted by Crippen LogP contribution is -2.38. The molecule has 2 aromatic rings. The maximum atomic E-state index is 5.52. The summed E-state index contributed by atoms with van der Waals surface area (Å²) in [5.74, 6) is 3.99. The van der Waals surface area contributed by atoms with E-state index in [9.17, 15) is 0 Å². The molecule has 0 atom stereocenters. The molecule has 0 saturated carbocycles. The predicted octanol–water partition coefficient (Wildman–Crippen LogP) is 3.04. The number of nitrogens with zero attached hydrogens (tertiary/aromatic N) is 4. The van der Waals surface area contributed by atoms with Gasteiger partial charge in [0.2, 0.25) is 5.95 Å². The van der Waals surface area contributed by atoms with E-state index < -0.39 is 0 Å². The van der Waals surface area contributed by atoms with Gasteiger partial charge < -0.3 is 29.9 Å². The number of ether oxygens (including phenoxy) is 2. The van der Waals surface area contributed by atoms with Crippen LogP contribution in [0, 0.1) is 5.92 Å². The van der Waals surface area contributed by atoms with Crippen molar-refractivity contribution in [2.45, 2.75) is 26.3 Å². The van der Waals surface area contributed by atoms with Crippen LogP contribution in [0.5, 0.6) is 5.75 Å². The zero-order chi connectivity index (χ0) is 22.3. The first-order chi connectivity index (χ1) is 15.6. The Bertz CT molecular complexity index is 896. The van der Waals surface area contributed by atoms with Gasteiger partial charge in [0.1, 0.15) is 17.4 Å². The second-order valence-corrected chi connectivity index (χ2v) is 8.74. The Morgan fingerprint density at radius 2 is 1.69 bits per heavy atom. The van der Waals surface area contributed by atoms with E-state index in [-0.39, 0.29) is 0 Å². The molecule has 0 aliphatic carbocycles. The number of hydrogen-bond acceptors (Lipinski definition) is 7. The Hall–Kier alpha value is -2.65. The van der Waals surface area contributed by atoms with Crippen molar-refractivity contribution in [3.8, 4) is 5.75 Å². The average Bonchev–Trinajstić information content (AvgIpc) is 2.84. The number of hydrogen-bond donors (Lipinski definition) is 2. The zero-order valence-corrected chi connectivity index (χ0v) is 19.7. The van der Waals surface area contributed by atoms with Crippen LogP contribution in [0.25, 0.3) is 0 Å².